The molecule has 0 aliphatic carbocycles. The third-order valence-corrected chi connectivity index (χ3v) is 12.4. The maximum Gasteiger partial charge on any atom is 0.245 e. The highest BCUT2D eigenvalue weighted by Gasteiger charge is 2.43. The van der Waals surface area contributed by atoms with Crippen molar-refractivity contribution in [2.45, 2.75) is 123 Å². The highest BCUT2D eigenvalue weighted by atomic mass is 16.5. The van der Waals surface area contributed by atoms with Crippen LogP contribution in [0.1, 0.15) is 79.7 Å². The number of likely N-dealkylation sites (tertiary alicyclic amines) is 1. The van der Waals surface area contributed by atoms with Gasteiger partial charge in [0.2, 0.25) is 29.5 Å². The summed E-state index contributed by atoms with van der Waals surface area (Å²) in [7, 11) is 8.52. The lowest BCUT2D eigenvalue weighted by atomic mass is 9.89. The Balaban J connectivity index is 2.19. The molecule has 0 saturated carbocycles. The van der Waals surface area contributed by atoms with E-state index in [1.165, 1.54) is 7.11 Å². The van der Waals surface area contributed by atoms with E-state index >= 15 is 0 Å². The topological polar surface area (TPSA) is 203 Å². The molecule has 9 atom stereocenters. The fraction of sp³-hybridized carbons (Fsp3) is 0.771. The second-order valence-corrected chi connectivity index (χ2v) is 18.1. The summed E-state index contributed by atoms with van der Waals surface area (Å²) in [5, 5.41) is 8.91. The number of nitrogens with zero attached hydrogens (tertiary/aromatic N) is 3. The second kappa shape index (κ2) is 30.6. The summed E-state index contributed by atoms with van der Waals surface area (Å²) >= 11 is 0. The Hall–Kier alpha value is -3.71. The van der Waals surface area contributed by atoms with Crippen LogP contribution < -0.4 is 21.7 Å². The van der Waals surface area contributed by atoms with Crippen molar-refractivity contribution in [3.05, 3.63) is 35.9 Å². The molecule has 65 heavy (non-hydrogen) atoms. The normalized spacial score (nSPS) is 17.8. The Morgan fingerprint density at radius 2 is 1.42 bits per heavy atom. The molecule has 5 N–H and O–H groups in total. The van der Waals surface area contributed by atoms with Crippen molar-refractivity contribution in [2.24, 2.45) is 29.4 Å². The first-order valence-electron chi connectivity index (χ1n) is 23.6. The van der Waals surface area contributed by atoms with Gasteiger partial charge in [-0.3, -0.25) is 28.9 Å². The van der Waals surface area contributed by atoms with E-state index in [1.807, 2.05) is 90.9 Å². The van der Waals surface area contributed by atoms with Gasteiger partial charge in [0.05, 0.1) is 82.3 Å². The lowest BCUT2D eigenvalue weighted by Crippen LogP contribution is -2.59. The molecule has 1 aliphatic heterocycles. The predicted molar refractivity (Wildman–Crippen MR) is 252 cm³/mol. The Bertz CT molecular complexity index is 1550. The Kier molecular flexibility index (Phi) is 27.0. The maximum absolute atomic E-state index is 14.4. The largest absolute Gasteiger partial charge is 0.379 e. The average molecular weight is 920 g/mol. The van der Waals surface area contributed by atoms with Crippen molar-refractivity contribution in [3.8, 4) is 0 Å². The number of nitrogens with one attached hydrogen (secondary N) is 3. The van der Waals surface area contributed by atoms with Crippen LogP contribution in [-0.2, 0) is 54.1 Å². The summed E-state index contributed by atoms with van der Waals surface area (Å²) in [6, 6.07) is 6.49. The SMILES string of the molecule is CC[C@H](C)[C@@H]([C@@H](CC(=O)N1CCC[C@H]1[C@H](OC)[C@@H](C)C(=O)N[C@H](Cc1ccccc1)C(=O)NCCOCCOCCOCCN)OC)N(C)C(=O)[C@H](NC(=O)[C@H](C(C)C)N(C)C)C(C)C. The summed E-state index contributed by atoms with van der Waals surface area (Å²) in [4.78, 5) is 75.2. The molecule has 0 unspecified atom stereocenters. The smallest absolute Gasteiger partial charge is 0.245 e. The summed E-state index contributed by atoms with van der Waals surface area (Å²) in [5.41, 5.74) is 6.29. The van der Waals surface area contributed by atoms with Crippen LogP contribution in [0.3, 0.4) is 0 Å². The molecule has 2 rings (SSSR count). The van der Waals surface area contributed by atoms with Gasteiger partial charge in [0.25, 0.3) is 0 Å². The number of benzene rings is 1. The predicted octanol–water partition coefficient (Wildman–Crippen LogP) is 2.49. The number of hydrogen-bond donors (Lipinski definition) is 4. The fourth-order valence-corrected chi connectivity index (χ4v) is 8.77. The molecule has 17 heteroatoms. The van der Waals surface area contributed by atoms with Crippen molar-refractivity contribution in [1.82, 2.24) is 30.7 Å². The zero-order valence-corrected chi connectivity index (χ0v) is 41.6. The molecule has 372 valence electrons. The minimum absolute atomic E-state index is 0.00828. The van der Waals surface area contributed by atoms with Crippen LogP contribution in [-0.4, -0.2) is 181 Å². The van der Waals surface area contributed by atoms with Crippen molar-refractivity contribution < 1.29 is 47.7 Å². The first-order valence-corrected chi connectivity index (χ1v) is 23.6. The Morgan fingerprint density at radius 3 is 1.95 bits per heavy atom. The van der Waals surface area contributed by atoms with Crippen LogP contribution in [0.15, 0.2) is 30.3 Å². The van der Waals surface area contributed by atoms with Crippen LogP contribution in [0.5, 0.6) is 0 Å². The van der Waals surface area contributed by atoms with Gasteiger partial charge in [-0.25, -0.2) is 0 Å². The molecular formula is C48H85N7O10. The molecule has 1 aromatic carbocycles. The van der Waals surface area contributed by atoms with Gasteiger partial charge in [-0.05, 0) is 50.3 Å². The van der Waals surface area contributed by atoms with E-state index in [1.54, 1.807) is 30.9 Å². The number of carbonyl (C=O) groups is 5. The van der Waals surface area contributed by atoms with Crippen molar-refractivity contribution in [1.29, 1.82) is 0 Å². The molecule has 0 bridgehead atoms. The maximum atomic E-state index is 14.4. The van der Waals surface area contributed by atoms with Gasteiger partial charge in [0.1, 0.15) is 12.1 Å². The fourth-order valence-electron chi connectivity index (χ4n) is 8.77. The molecule has 0 aromatic heterocycles. The monoisotopic (exact) mass is 920 g/mol. The minimum atomic E-state index is -0.879. The quantitative estimate of drug-likeness (QED) is 0.0771. The van der Waals surface area contributed by atoms with Crippen molar-refractivity contribution in [3.63, 3.8) is 0 Å². The number of rotatable bonds is 32. The third-order valence-electron chi connectivity index (χ3n) is 12.4. The van der Waals surface area contributed by atoms with Crippen LogP contribution in [0.4, 0.5) is 0 Å². The van der Waals surface area contributed by atoms with Gasteiger partial charge in [0, 0.05) is 47.3 Å². The van der Waals surface area contributed by atoms with Crippen LogP contribution in [0.25, 0.3) is 0 Å². The summed E-state index contributed by atoms with van der Waals surface area (Å²) in [5.74, 6) is -2.30. The highest BCUT2D eigenvalue weighted by molar-refractivity contribution is 5.90. The van der Waals surface area contributed by atoms with Gasteiger partial charge in [-0.15, -0.1) is 0 Å². The molecular weight excluding hydrogens is 835 g/mol. The molecule has 1 aromatic rings. The van der Waals surface area contributed by atoms with Crippen LogP contribution in [0.2, 0.25) is 0 Å². The first-order chi connectivity index (χ1) is 30.9. The number of hydrogen-bond acceptors (Lipinski definition) is 12. The highest BCUT2D eigenvalue weighted by Crippen LogP contribution is 2.30. The zero-order chi connectivity index (χ0) is 48.6. The van der Waals surface area contributed by atoms with Gasteiger partial charge in [0.15, 0.2) is 0 Å². The van der Waals surface area contributed by atoms with E-state index in [0.29, 0.717) is 59.0 Å². The third kappa shape index (κ3) is 18.5. The number of amides is 5. The number of methoxy groups -OCH3 is 2. The van der Waals surface area contributed by atoms with Gasteiger partial charge in [-0.2, -0.15) is 0 Å². The van der Waals surface area contributed by atoms with Crippen molar-refractivity contribution in [2.75, 3.05) is 94.6 Å². The van der Waals surface area contributed by atoms with E-state index < -0.39 is 48.3 Å². The van der Waals surface area contributed by atoms with E-state index in [4.69, 9.17) is 29.4 Å². The lowest BCUT2D eigenvalue weighted by molar-refractivity contribution is -0.148. The Morgan fingerprint density at radius 1 is 0.800 bits per heavy atom. The van der Waals surface area contributed by atoms with E-state index in [2.05, 4.69) is 16.0 Å². The van der Waals surface area contributed by atoms with E-state index in [9.17, 15) is 24.0 Å². The molecule has 1 heterocycles. The van der Waals surface area contributed by atoms with Gasteiger partial charge >= 0.3 is 0 Å². The zero-order valence-electron chi connectivity index (χ0n) is 41.6. The van der Waals surface area contributed by atoms with Crippen molar-refractivity contribution >= 4 is 29.5 Å². The lowest BCUT2D eigenvalue weighted by Gasteiger charge is -2.41. The van der Waals surface area contributed by atoms with Crippen LogP contribution in [0, 0.1) is 23.7 Å². The molecule has 0 radical (unpaired) electrons. The summed E-state index contributed by atoms with van der Waals surface area (Å²) in [6.07, 6.45) is 0.975. The summed E-state index contributed by atoms with van der Waals surface area (Å²) in [6.45, 7) is 17.1. The molecule has 5 amide bonds. The van der Waals surface area contributed by atoms with Gasteiger partial charge in [-0.1, -0.05) is 85.2 Å². The second-order valence-electron chi connectivity index (χ2n) is 18.1. The van der Waals surface area contributed by atoms with E-state index in [0.717, 1.165) is 12.0 Å². The van der Waals surface area contributed by atoms with Crippen LogP contribution >= 0.6 is 0 Å². The molecule has 17 nitrogen and oxygen atoms in total. The van der Waals surface area contributed by atoms with Gasteiger partial charge < -0.3 is 55.2 Å². The molecule has 1 fully saturated rings. The standard InChI is InChI=1S/C48H85N7O10/c1-13-34(6)43(54(10)48(60)41(32(2)3)52-47(59)42(33(4)5)53(8)9)39(61-11)31-40(56)55-23-17-20-38(55)44(62-12)35(7)45(57)51-37(30-36-18-15-14-16-19-36)46(58)50-22-25-64-27-29-65-28-26-63-24-21-49/h14-16,18-19,32-35,37-39,41-44H,13,17,20-31,49H2,1-12H3,(H,50,58)(H,51,57)(H,52,59)/t34-,35+,37+,38-,39+,41+,42-,43-,44+/m0/s1. The number of nitrogens with two attached hydrogens (primary N) is 1. The first kappa shape index (κ1) is 57.4. The average Bonchev–Trinajstić information content (AvgIpc) is 3.76. The molecule has 1 aliphatic rings. The Labute approximate surface area is 389 Å². The molecule has 0 spiro atoms. The summed E-state index contributed by atoms with van der Waals surface area (Å²) < 4.78 is 28.5. The molecule has 1 saturated heterocycles. The number of carbonyl (C=O) groups excluding carboxylic acids is 5. The van der Waals surface area contributed by atoms with E-state index in [-0.39, 0.29) is 73.3 Å². The minimum Gasteiger partial charge on any atom is -0.379 e. The number of ether oxygens (including phenoxy) is 5. The number of likely N-dealkylation sites (N-methyl/N-ethyl adjacent to an activating group) is 2.